The Balaban J connectivity index is 3.02. The van der Waals surface area contributed by atoms with Crippen LogP contribution in [0.4, 0.5) is 5.69 Å². The lowest BCUT2D eigenvalue weighted by Crippen LogP contribution is -2.39. The lowest BCUT2D eigenvalue weighted by atomic mass is 10.1. The van der Waals surface area contributed by atoms with Gasteiger partial charge in [-0.25, -0.2) is 0 Å². The summed E-state index contributed by atoms with van der Waals surface area (Å²) in [6.45, 7) is 0. The summed E-state index contributed by atoms with van der Waals surface area (Å²) < 4.78 is 0. The average molecular weight is 293 g/mol. The van der Waals surface area contributed by atoms with Crippen molar-refractivity contribution in [2.24, 2.45) is 22.9 Å². The van der Waals surface area contributed by atoms with E-state index in [0.29, 0.717) is 0 Å². The summed E-state index contributed by atoms with van der Waals surface area (Å²) in [5.74, 6) is -3.03. The second kappa shape index (κ2) is 6.48. The molecule has 0 aliphatic heterocycles. The number of hydrogen-bond donors (Lipinski definition) is 5. The number of primary amides is 3. The molecule has 0 spiro atoms. The number of carbonyl (C=O) groups excluding carboxylic acids is 4. The van der Waals surface area contributed by atoms with Crippen LogP contribution in [0.25, 0.3) is 0 Å². The zero-order chi connectivity index (χ0) is 16.2. The van der Waals surface area contributed by atoms with E-state index in [2.05, 4.69) is 5.32 Å². The van der Waals surface area contributed by atoms with Gasteiger partial charge in [0.1, 0.15) is 0 Å². The number of nitrogens with two attached hydrogens (primary N) is 4. The summed E-state index contributed by atoms with van der Waals surface area (Å²) in [7, 11) is 0. The molecule has 0 saturated heterocycles. The maximum absolute atomic E-state index is 11.7. The van der Waals surface area contributed by atoms with Gasteiger partial charge in [-0.15, -0.1) is 0 Å². The fourth-order valence-electron chi connectivity index (χ4n) is 1.53. The van der Waals surface area contributed by atoms with Gasteiger partial charge < -0.3 is 28.3 Å². The fourth-order valence-corrected chi connectivity index (χ4v) is 1.53. The first kappa shape index (κ1) is 16.1. The highest BCUT2D eigenvalue weighted by Crippen LogP contribution is 2.15. The van der Waals surface area contributed by atoms with E-state index in [1.807, 2.05) is 0 Å². The Bertz CT molecular complexity index is 581. The van der Waals surface area contributed by atoms with Crippen LogP contribution >= 0.6 is 0 Å². The lowest BCUT2D eigenvalue weighted by Gasteiger charge is -2.12. The summed E-state index contributed by atoms with van der Waals surface area (Å²) in [5.41, 5.74) is 20.7. The van der Waals surface area contributed by atoms with E-state index in [0.717, 1.165) is 0 Å². The Labute approximate surface area is 119 Å². The zero-order valence-corrected chi connectivity index (χ0v) is 11.0. The highest BCUT2D eigenvalue weighted by atomic mass is 16.2. The van der Waals surface area contributed by atoms with Crippen molar-refractivity contribution in [1.29, 1.82) is 0 Å². The molecule has 0 radical (unpaired) electrons. The molecule has 4 amide bonds. The first-order chi connectivity index (χ1) is 9.70. The van der Waals surface area contributed by atoms with E-state index >= 15 is 0 Å². The van der Waals surface area contributed by atoms with Crippen molar-refractivity contribution in [3.05, 3.63) is 29.3 Å². The molecule has 9 heteroatoms. The van der Waals surface area contributed by atoms with Crippen molar-refractivity contribution in [2.75, 3.05) is 5.32 Å². The van der Waals surface area contributed by atoms with Gasteiger partial charge in [-0.05, 0) is 18.2 Å². The monoisotopic (exact) mass is 293 g/mol. The van der Waals surface area contributed by atoms with Crippen LogP contribution in [0.3, 0.4) is 0 Å². The first-order valence-electron chi connectivity index (χ1n) is 5.80. The third-order valence-corrected chi connectivity index (χ3v) is 2.53. The molecule has 1 atom stereocenters. The molecule has 0 saturated carbocycles. The topological polar surface area (TPSA) is 184 Å². The van der Waals surface area contributed by atoms with Crippen LogP contribution in [0.2, 0.25) is 0 Å². The van der Waals surface area contributed by atoms with Gasteiger partial charge in [-0.1, -0.05) is 0 Å². The van der Waals surface area contributed by atoms with Gasteiger partial charge in [0.05, 0.1) is 12.5 Å². The molecule has 1 aromatic rings. The summed E-state index contributed by atoms with van der Waals surface area (Å²) in [5, 5.41) is 2.35. The van der Waals surface area contributed by atoms with Gasteiger partial charge in [0.25, 0.3) is 0 Å². The Morgan fingerprint density at radius 2 is 1.43 bits per heavy atom. The zero-order valence-electron chi connectivity index (χ0n) is 11.0. The van der Waals surface area contributed by atoms with Gasteiger partial charge >= 0.3 is 0 Å². The van der Waals surface area contributed by atoms with E-state index in [-0.39, 0.29) is 23.2 Å². The Kier molecular flexibility index (Phi) is 4.97. The van der Waals surface area contributed by atoms with Crippen molar-refractivity contribution >= 4 is 29.3 Å². The van der Waals surface area contributed by atoms with Gasteiger partial charge in [0.2, 0.25) is 23.6 Å². The smallest absolute Gasteiger partial charge is 0.248 e. The van der Waals surface area contributed by atoms with E-state index in [4.69, 9.17) is 22.9 Å². The molecule has 0 aromatic heterocycles. The summed E-state index contributed by atoms with van der Waals surface area (Å²) in [4.78, 5) is 44.8. The van der Waals surface area contributed by atoms with Crippen LogP contribution in [0.5, 0.6) is 0 Å². The minimum Gasteiger partial charge on any atom is -0.370 e. The van der Waals surface area contributed by atoms with Crippen molar-refractivity contribution < 1.29 is 19.2 Å². The number of nitrogens with one attached hydrogen (secondary N) is 1. The van der Waals surface area contributed by atoms with Gasteiger partial charge in [0, 0.05) is 16.8 Å². The minimum absolute atomic E-state index is 0.00919. The third-order valence-electron chi connectivity index (χ3n) is 2.53. The van der Waals surface area contributed by atoms with Crippen LogP contribution in [0, 0.1) is 0 Å². The molecule has 0 aliphatic carbocycles. The maximum Gasteiger partial charge on any atom is 0.248 e. The standard InChI is InChI=1S/C12H15N5O4/c13-8(4-9(14)18)12(21)17-7-2-5(10(15)19)1-6(3-7)11(16)20/h1-3,8H,4,13H2,(H2,14,18)(H2,15,19)(H2,16,20)(H,17,21). The minimum atomic E-state index is -1.16. The molecule has 1 unspecified atom stereocenters. The van der Waals surface area contributed by atoms with E-state index in [1.54, 1.807) is 0 Å². The summed E-state index contributed by atoms with van der Waals surface area (Å²) >= 11 is 0. The summed E-state index contributed by atoms with van der Waals surface area (Å²) in [6.07, 6.45) is -0.343. The molecule has 0 fully saturated rings. The number of anilines is 1. The number of rotatable bonds is 6. The third kappa shape index (κ3) is 4.58. The predicted molar refractivity (Wildman–Crippen MR) is 73.9 cm³/mol. The van der Waals surface area contributed by atoms with Gasteiger partial charge in [0.15, 0.2) is 0 Å². The molecule has 0 bridgehead atoms. The van der Waals surface area contributed by atoms with Crippen molar-refractivity contribution in [3.63, 3.8) is 0 Å². The molecule has 9 N–H and O–H groups in total. The van der Waals surface area contributed by atoms with Crippen molar-refractivity contribution in [1.82, 2.24) is 0 Å². The maximum atomic E-state index is 11.7. The fraction of sp³-hybridized carbons (Fsp3) is 0.167. The van der Waals surface area contributed by atoms with Crippen LogP contribution < -0.4 is 28.3 Å². The Hall–Kier alpha value is -2.94. The lowest BCUT2D eigenvalue weighted by molar-refractivity contribution is -0.123. The highest BCUT2D eigenvalue weighted by molar-refractivity contribution is 6.03. The molecule has 0 heterocycles. The molecule has 9 nitrogen and oxygen atoms in total. The normalized spacial score (nSPS) is 11.5. The number of amides is 4. The molecule has 1 rings (SSSR count). The largest absolute Gasteiger partial charge is 0.370 e. The quantitative estimate of drug-likeness (QED) is 0.406. The Morgan fingerprint density at radius 3 is 1.81 bits per heavy atom. The molecule has 1 aromatic carbocycles. The molecule has 112 valence electrons. The predicted octanol–water partition coefficient (Wildman–Crippen LogP) is -1.97. The number of hydrogen-bond acceptors (Lipinski definition) is 5. The first-order valence-corrected chi connectivity index (χ1v) is 5.80. The Morgan fingerprint density at radius 1 is 0.952 bits per heavy atom. The second-order valence-electron chi connectivity index (χ2n) is 4.29. The van der Waals surface area contributed by atoms with Crippen LogP contribution in [0.1, 0.15) is 27.1 Å². The second-order valence-corrected chi connectivity index (χ2v) is 4.29. The highest BCUT2D eigenvalue weighted by Gasteiger charge is 2.17. The van der Waals surface area contributed by atoms with Crippen molar-refractivity contribution in [3.8, 4) is 0 Å². The van der Waals surface area contributed by atoms with E-state index in [9.17, 15) is 19.2 Å². The van der Waals surface area contributed by atoms with Crippen LogP contribution in [-0.2, 0) is 9.59 Å². The SMILES string of the molecule is NC(=O)CC(N)C(=O)Nc1cc(C(N)=O)cc(C(N)=O)c1. The molecule has 21 heavy (non-hydrogen) atoms. The van der Waals surface area contributed by atoms with Gasteiger partial charge in [-0.2, -0.15) is 0 Å². The molecular formula is C12H15N5O4. The molecular weight excluding hydrogens is 278 g/mol. The summed E-state index contributed by atoms with van der Waals surface area (Å²) in [6, 6.07) is 2.55. The molecule has 0 aliphatic rings. The van der Waals surface area contributed by atoms with Gasteiger partial charge in [-0.3, -0.25) is 19.2 Å². The number of benzene rings is 1. The van der Waals surface area contributed by atoms with Crippen LogP contribution in [0.15, 0.2) is 18.2 Å². The van der Waals surface area contributed by atoms with Crippen LogP contribution in [-0.4, -0.2) is 29.7 Å². The average Bonchev–Trinajstić information content (AvgIpc) is 2.37. The van der Waals surface area contributed by atoms with E-state index in [1.165, 1.54) is 18.2 Å². The number of carbonyl (C=O) groups is 4. The van der Waals surface area contributed by atoms with Crippen molar-refractivity contribution in [2.45, 2.75) is 12.5 Å². The van der Waals surface area contributed by atoms with E-state index < -0.39 is 29.7 Å².